The Morgan fingerprint density at radius 2 is 1.74 bits per heavy atom. The van der Waals surface area contributed by atoms with Crippen LogP contribution in [-0.2, 0) is 11.4 Å². The molecule has 4 rings (SSSR count). The van der Waals surface area contributed by atoms with Gasteiger partial charge in [-0.1, -0.05) is 68.4 Å². The molecule has 0 aliphatic rings. The zero-order valence-corrected chi connectivity index (χ0v) is 20.4. The molecule has 0 bridgehead atoms. The molecule has 0 aliphatic carbocycles. The van der Waals surface area contributed by atoms with Crippen molar-refractivity contribution in [1.82, 2.24) is 14.7 Å². The van der Waals surface area contributed by atoms with Crippen LogP contribution in [0.2, 0.25) is 0 Å². The number of nitrogens with zero attached hydrogens (tertiary/aromatic N) is 2. The number of aryl methyl sites for hydroxylation is 1. The minimum absolute atomic E-state index is 0.0425. The van der Waals surface area contributed by atoms with E-state index < -0.39 is 0 Å². The van der Waals surface area contributed by atoms with Gasteiger partial charge < -0.3 is 14.5 Å². The first-order valence-corrected chi connectivity index (χ1v) is 11.9. The molecule has 1 N–H and O–H groups in total. The lowest BCUT2D eigenvalue weighted by Crippen LogP contribution is -2.37. The molecule has 5 heteroatoms. The molecule has 2 aromatic carbocycles. The molecular formula is C29H33N3O2. The maximum atomic E-state index is 13.0. The average molecular weight is 456 g/mol. The maximum absolute atomic E-state index is 13.0. The molecule has 2 aromatic heterocycles. The Balaban J connectivity index is 1.67. The summed E-state index contributed by atoms with van der Waals surface area (Å²) in [4.78, 5) is 17.8. The average Bonchev–Trinajstić information content (AvgIpc) is 3.27. The Morgan fingerprint density at radius 3 is 2.47 bits per heavy atom. The highest BCUT2D eigenvalue weighted by Gasteiger charge is 2.25. The lowest BCUT2D eigenvalue weighted by Gasteiger charge is -2.22. The summed E-state index contributed by atoms with van der Waals surface area (Å²) in [5, 5.41) is 3.17. The van der Waals surface area contributed by atoms with Crippen molar-refractivity contribution in [3.8, 4) is 5.75 Å². The van der Waals surface area contributed by atoms with Crippen LogP contribution in [-0.4, -0.2) is 21.3 Å². The minimum Gasteiger partial charge on any atom is -0.485 e. The van der Waals surface area contributed by atoms with E-state index in [0.29, 0.717) is 18.9 Å². The highest BCUT2D eigenvalue weighted by molar-refractivity contribution is 5.78. The number of imidazole rings is 1. The van der Waals surface area contributed by atoms with Gasteiger partial charge in [-0.15, -0.1) is 0 Å². The highest BCUT2D eigenvalue weighted by atomic mass is 16.5. The van der Waals surface area contributed by atoms with Gasteiger partial charge >= 0.3 is 0 Å². The highest BCUT2D eigenvalue weighted by Crippen LogP contribution is 2.33. The summed E-state index contributed by atoms with van der Waals surface area (Å²) in [5.74, 6) is 1.01. The minimum atomic E-state index is -0.125. The van der Waals surface area contributed by atoms with Crippen molar-refractivity contribution >= 4 is 11.6 Å². The number of aromatic nitrogens is 2. The Hall–Kier alpha value is -3.60. The summed E-state index contributed by atoms with van der Waals surface area (Å²) in [6.07, 6.45) is 4.22. The van der Waals surface area contributed by atoms with E-state index >= 15 is 0 Å². The Kier molecular flexibility index (Phi) is 7.31. The molecule has 0 saturated heterocycles. The summed E-state index contributed by atoms with van der Waals surface area (Å²) in [6, 6.07) is 22.4. The summed E-state index contributed by atoms with van der Waals surface area (Å²) in [5.41, 5.74) is 5.12. The van der Waals surface area contributed by atoms with Crippen molar-refractivity contribution in [3.05, 3.63) is 102 Å². The summed E-state index contributed by atoms with van der Waals surface area (Å²) < 4.78 is 8.18. The fraction of sp³-hybridized carbons (Fsp3) is 0.310. The second-order valence-corrected chi connectivity index (χ2v) is 9.24. The van der Waals surface area contributed by atoms with Gasteiger partial charge in [0.1, 0.15) is 6.61 Å². The van der Waals surface area contributed by atoms with Crippen LogP contribution < -0.4 is 10.1 Å². The van der Waals surface area contributed by atoms with E-state index in [1.54, 1.807) is 0 Å². The van der Waals surface area contributed by atoms with Crippen LogP contribution in [0, 0.1) is 12.8 Å². The maximum Gasteiger partial charge on any atom is 0.221 e. The van der Waals surface area contributed by atoms with Gasteiger partial charge in [0, 0.05) is 30.8 Å². The number of carbonyl (C=O) groups is 1. The van der Waals surface area contributed by atoms with Crippen molar-refractivity contribution in [1.29, 1.82) is 0 Å². The van der Waals surface area contributed by atoms with E-state index in [2.05, 4.69) is 49.5 Å². The monoisotopic (exact) mass is 455 g/mol. The van der Waals surface area contributed by atoms with Gasteiger partial charge in [-0.25, -0.2) is 4.98 Å². The van der Waals surface area contributed by atoms with Crippen LogP contribution in [0.4, 0.5) is 0 Å². The van der Waals surface area contributed by atoms with Gasteiger partial charge in [0.2, 0.25) is 5.91 Å². The molecule has 0 aliphatic heterocycles. The lowest BCUT2D eigenvalue weighted by atomic mass is 9.89. The van der Waals surface area contributed by atoms with Gasteiger partial charge in [-0.2, -0.15) is 0 Å². The van der Waals surface area contributed by atoms with E-state index in [0.717, 1.165) is 33.8 Å². The Bertz CT molecular complexity index is 1250. The van der Waals surface area contributed by atoms with Gasteiger partial charge in [0.25, 0.3) is 0 Å². The van der Waals surface area contributed by atoms with E-state index in [-0.39, 0.29) is 17.9 Å². The van der Waals surface area contributed by atoms with Crippen molar-refractivity contribution in [3.63, 3.8) is 0 Å². The number of benzene rings is 2. The van der Waals surface area contributed by atoms with Crippen LogP contribution >= 0.6 is 0 Å². The largest absolute Gasteiger partial charge is 0.485 e. The molecule has 5 nitrogen and oxygen atoms in total. The normalized spacial score (nSPS) is 13.1. The first kappa shape index (κ1) is 23.6. The summed E-state index contributed by atoms with van der Waals surface area (Å²) in [6.45, 7) is 8.85. The van der Waals surface area contributed by atoms with Gasteiger partial charge in [-0.3, -0.25) is 4.79 Å². The summed E-state index contributed by atoms with van der Waals surface area (Å²) >= 11 is 0. The van der Waals surface area contributed by atoms with Crippen molar-refractivity contribution < 1.29 is 9.53 Å². The molecule has 176 valence electrons. The molecule has 4 aromatic rings. The van der Waals surface area contributed by atoms with E-state index in [4.69, 9.17) is 9.72 Å². The third-order valence-electron chi connectivity index (χ3n) is 6.46. The molecule has 0 spiro atoms. The number of rotatable bonds is 9. The fourth-order valence-corrected chi connectivity index (χ4v) is 4.13. The number of hydrogen-bond donors (Lipinski definition) is 1. The molecular weight excluding hydrogens is 422 g/mol. The number of carbonyl (C=O) groups excluding carboxylic acids is 1. The Morgan fingerprint density at radius 1 is 1.00 bits per heavy atom. The van der Waals surface area contributed by atoms with Crippen LogP contribution in [0.1, 0.15) is 55.5 Å². The first-order valence-electron chi connectivity index (χ1n) is 11.9. The quantitative estimate of drug-likeness (QED) is 0.342. The molecule has 2 heterocycles. The van der Waals surface area contributed by atoms with E-state index in [9.17, 15) is 4.79 Å². The molecule has 0 fully saturated rings. The van der Waals surface area contributed by atoms with Crippen molar-refractivity contribution in [2.24, 2.45) is 5.92 Å². The topological polar surface area (TPSA) is 55.6 Å². The zero-order valence-electron chi connectivity index (χ0n) is 20.4. The van der Waals surface area contributed by atoms with Crippen molar-refractivity contribution in [2.75, 3.05) is 0 Å². The zero-order chi connectivity index (χ0) is 24.1. The van der Waals surface area contributed by atoms with Crippen LogP contribution in [0.3, 0.4) is 0 Å². The molecule has 34 heavy (non-hydrogen) atoms. The standard InChI is InChI=1S/C29H33N3O2/c1-20(2)22(4)31-28(33)17-25(24-14-9-8-11-21(24)3)26-18-30-29-27(15-10-16-32(26)29)34-19-23-12-6-5-7-13-23/h5-16,18,20,22,25H,17,19H2,1-4H3,(H,31,33). The Labute approximate surface area is 201 Å². The molecule has 0 saturated carbocycles. The predicted molar refractivity (Wildman–Crippen MR) is 136 cm³/mol. The third kappa shape index (κ3) is 5.30. The lowest BCUT2D eigenvalue weighted by molar-refractivity contribution is -0.122. The number of amides is 1. The van der Waals surface area contributed by atoms with Gasteiger partial charge in [0.15, 0.2) is 11.4 Å². The second kappa shape index (κ2) is 10.6. The summed E-state index contributed by atoms with van der Waals surface area (Å²) in [7, 11) is 0. The van der Waals surface area contributed by atoms with Gasteiger partial charge in [0.05, 0.1) is 5.69 Å². The number of hydrogen-bond acceptors (Lipinski definition) is 3. The molecule has 2 atom stereocenters. The van der Waals surface area contributed by atoms with E-state index in [1.807, 2.05) is 67.0 Å². The second-order valence-electron chi connectivity index (χ2n) is 9.24. The molecule has 1 amide bonds. The SMILES string of the molecule is Cc1ccccc1C(CC(=O)NC(C)C(C)C)c1cnc2c(OCc3ccccc3)cccn12. The third-order valence-corrected chi connectivity index (χ3v) is 6.46. The van der Waals surface area contributed by atoms with Crippen LogP contribution in [0.5, 0.6) is 5.75 Å². The number of nitrogens with one attached hydrogen (secondary N) is 1. The molecule has 0 radical (unpaired) electrons. The first-order chi connectivity index (χ1) is 16.4. The predicted octanol–water partition coefficient (Wildman–Crippen LogP) is 5.90. The van der Waals surface area contributed by atoms with E-state index in [1.165, 1.54) is 0 Å². The fourth-order valence-electron chi connectivity index (χ4n) is 4.13. The van der Waals surface area contributed by atoms with Gasteiger partial charge in [-0.05, 0) is 48.6 Å². The van der Waals surface area contributed by atoms with Crippen molar-refractivity contribution in [2.45, 2.75) is 52.7 Å². The van der Waals surface area contributed by atoms with Crippen LogP contribution in [0.15, 0.2) is 79.1 Å². The molecule has 2 unspecified atom stereocenters. The number of pyridine rings is 1. The number of fused-ring (bicyclic) bond motifs is 1. The smallest absolute Gasteiger partial charge is 0.221 e. The number of ether oxygens (including phenoxy) is 1. The van der Waals surface area contributed by atoms with Crippen LogP contribution in [0.25, 0.3) is 5.65 Å².